The van der Waals surface area contributed by atoms with Crippen molar-refractivity contribution in [2.45, 2.75) is 40.0 Å². The molecule has 0 atom stereocenters. The molecule has 1 heterocycles. The summed E-state index contributed by atoms with van der Waals surface area (Å²) in [6, 6.07) is 15.1. The van der Waals surface area contributed by atoms with E-state index < -0.39 is 0 Å². The molecule has 0 aliphatic heterocycles. The van der Waals surface area contributed by atoms with Crippen LogP contribution in [0.15, 0.2) is 48.5 Å². The Bertz CT molecular complexity index is 1040. The van der Waals surface area contributed by atoms with Gasteiger partial charge < -0.3 is 19.1 Å². The lowest BCUT2D eigenvalue weighted by atomic mass is 10.1. The van der Waals surface area contributed by atoms with Gasteiger partial charge in [0.2, 0.25) is 11.8 Å². The van der Waals surface area contributed by atoms with E-state index in [0.29, 0.717) is 37.6 Å². The first kappa shape index (κ1) is 24.2. The number of methoxy groups -OCH3 is 2. The van der Waals surface area contributed by atoms with E-state index >= 15 is 0 Å². The molecule has 3 aromatic rings. The Labute approximate surface area is 195 Å². The van der Waals surface area contributed by atoms with Crippen LogP contribution in [-0.2, 0) is 17.6 Å². The molecule has 1 amide bonds. The lowest BCUT2D eigenvalue weighted by Crippen LogP contribution is -2.30. The average molecular weight is 452 g/mol. The van der Waals surface area contributed by atoms with Gasteiger partial charge in [-0.3, -0.25) is 4.79 Å². The number of carbonyl (C=O) groups is 1. The summed E-state index contributed by atoms with van der Waals surface area (Å²) in [4.78, 5) is 14.5. The third-order valence-electron chi connectivity index (χ3n) is 5.65. The summed E-state index contributed by atoms with van der Waals surface area (Å²) in [5.41, 5.74) is 2.72. The van der Waals surface area contributed by atoms with Crippen molar-refractivity contribution in [3.05, 3.63) is 59.8 Å². The third-order valence-corrected chi connectivity index (χ3v) is 5.65. The molecule has 1 aromatic heterocycles. The molecule has 3 rings (SSSR count). The molecule has 0 radical (unpaired) electrons. The zero-order chi connectivity index (χ0) is 23.8. The molecule has 7 nitrogen and oxygen atoms in total. The van der Waals surface area contributed by atoms with Gasteiger partial charge in [0, 0.05) is 25.1 Å². The van der Waals surface area contributed by atoms with Gasteiger partial charge in [-0.1, -0.05) is 6.92 Å². The van der Waals surface area contributed by atoms with E-state index in [1.54, 1.807) is 18.9 Å². The highest BCUT2D eigenvalue weighted by atomic mass is 16.5. The number of rotatable bonds is 11. The van der Waals surface area contributed by atoms with Gasteiger partial charge in [-0.15, -0.1) is 0 Å². The highest BCUT2D eigenvalue weighted by Gasteiger charge is 2.22. The number of benzene rings is 2. The Kier molecular flexibility index (Phi) is 8.35. The second-order valence-electron chi connectivity index (χ2n) is 7.54. The molecule has 0 fully saturated rings. The van der Waals surface area contributed by atoms with E-state index in [4.69, 9.17) is 19.3 Å². The number of hydrogen-bond donors (Lipinski definition) is 0. The molecule has 0 saturated heterocycles. The molecule has 0 spiro atoms. The average Bonchev–Trinajstić information content (AvgIpc) is 3.21. The predicted molar refractivity (Wildman–Crippen MR) is 129 cm³/mol. The summed E-state index contributed by atoms with van der Waals surface area (Å²) >= 11 is 0. The Morgan fingerprint density at radius 2 is 1.42 bits per heavy atom. The first-order valence-corrected chi connectivity index (χ1v) is 11.4. The lowest BCUT2D eigenvalue weighted by Gasteiger charge is -2.18. The summed E-state index contributed by atoms with van der Waals surface area (Å²) in [6.45, 7) is 7.47. The van der Waals surface area contributed by atoms with Gasteiger partial charge in [0.25, 0.3) is 0 Å². The normalized spacial score (nSPS) is 10.7. The number of nitrogens with zero attached hydrogens (tertiary/aromatic N) is 3. The quantitative estimate of drug-likeness (QED) is 0.408. The van der Waals surface area contributed by atoms with Crippen LogP contribution in [-0.4, -0.2) is 47.9 Å². The molecule has 0 saturated carbocycles. The standard InChI is InChI=1S/C26H33N3O4/c1-6-24-23(17-18-25(30)28(7-2)8-3)26(33-22-15-13-21(32-5)14-16-22)29(27-24)19-9-11-20(31-4)12-10-19/h9-16H,6-8,17-18H2,1-5H3. The maximum absolute atomic E-state index is 12.7. The van der Waals surface area contributed by atoms with Gasteiger partial charge in [-0.05, 0) is 75.2 Å². The minimum atomic E-state index is 0.134. The maximum atomic E-state index is 12.7. The fraction of sp³-hybridized carbons (Fsp3) is 0.385. The minimum absolute atomic E-state index is 0.134. The van der Waals surface area contributed by atoms with Crippen molar-refractivity contribution in [3.8, 4) is 28.8 Å². The van der Waals surface area contributed by atoms with E-state index in [-0.39, 0.29) is 5.91 Å². The molecular formula is C26H33N3O4. The summed E-state index contributed by atoms with van der Waals surface area (Å²) in [7, 11) is 3.27. The number of amides is 1. The Morgan fingerprint density at radius 1 is 0.879 bits per heavy atom. The van der Waals surface area contributed by atoms with Gasteiger partial charge in [0.05, 0.1) is 25.6 Å². The zero-order valence-electron chi connectivity index (χ0n) is 20.1. The summed E-state index contributed by atoms with van der Waals surface area (Å²) < 4.78 is 18.7. The van der Waals surface area contributed by atoms with Crippen LogP contribution in [0.1, 0.15) is 38.4 Å². The fourth-order valence-electron chi connectivity index (χ4n) is 3.74. The topological polar surface area (TPSA) is 65.8 Å². The lowest BCUT2D eigenvalue weighted by molar-refractivity contribution is -0.130. The molecule has 0 bridgehead atoms. The Morgan fingerprint density at radius 3 is 1.94 bits per heavy atom. The molecule has 2 aromatic carbocycles. The van der Waals surface area contributed by atoms with E-state index in [0.717, 1.165) is 34.9 Å². The molecule has 0 unspecified atom stereocenters. The summed E-state index contributed by atoms with van der Waals surface area (Å²) in [6.07, 6.45) is 1.69. The summed E-state index contributed by atoms with van der Waals surface area (Å²) in [5.74, 6) is 2.95. The van der Waals surface area contributed by atoms with Crippen LogP contribution in [0.5, 0.6) is 23.1 Å². The minimum Gasteiger partial charge on any atom is -0.497 e. The van der Waals surface area contributed by atoms with Crippen LogP contribution in [0.4, 0.5) is 0 Å². The smallest absolute Gasteiger partial charge is 0.226 e. The van der Waals surface area contributed by atoms with Crippen molar-refractivity contribution in [1.29, 1.82) is 0 Å². The second kappa shape index (κ2) is 11.4. The second-order valence-corrected chi connectivity index (χ2v) is 7.54. The van der Waals surface area contributed by atoms with Crippen LogP contribution in [0.2, 0.25) is 0 Å². The van der Waals surface area contributed by atoms with Crippen molar-refractivity contribution >= 4 is 5.91 Å². The first-order chi connectivity index (χ1) is 16.0. The van der Waals surface area contributed by atoms with Gasteiger partial charge in [0.15, 0.2) is 0 Å². The number of ether oxygens (including phenoxy) is 3. The third kappa shape index (κ3) is 5.66. The van der Waals surface area contributed by atoms with E-state index in [9.17, 15) is 4.79 Å². The van der Waals surface area contributed by atoms with Gasteiger partial charge >= 0.3 is 0 Å². The molecule has 176 valence electrons. The van der Waals surface area contributed by atoms with Crippen LogP contribution in [0, 0.1) is 0 Å². The van der Waals surface area contributed by atoms with Crippen molar-refractivity contribution in [2.75, 3.05) is 27.3 Å². The van der Waals surface area contributed by atoms with Crippen molar-refractivity contribution in [2.24, 2.45) is 0 Å². The molecule has 7 heteroatoms. The highest BCUT2D eigenvalue weighted by Crippen LogP contribution is 2.33. The molecule has 0 aliphatic carbocycles. The first-order valence-electron chi connectivity index (χ1n) is 11.4. The van der Waals surface area contributed by atoms with Crippen LogP contribution in [0.3, 0.4) is 0 Å². The van der Waals surface area contributed by atoms with Crippen molar-refractivity contribution in [1.82, 2.24) is 14.7 Å². The Hall–Kier alpha value is -3.48. The van der Waals surface area contributed by atoms with Crippen LogP contribution in [0.25, 0.3) is 5.69 Å². The monoisotopic (exact) mass is 451 g/mol. The van der Waals surface area contributed by atoms with E-state index in [2.05, 4.69) is 6.92 Å². The largest absolute Gasteiger partial charge is 0.497 e. The highest BCUT2D eigenvalue weighted by molar-refractivity contribution is 5.76. The summed E-state index contributed by atoms with van der Waals surface area (Å²) in [5, 5.41) is 4.85. The number of aromatic nitrogens is 2. The molecule has 33 heavy (non-hydrogen) atoms. The van der Waals surface area contributed by atoms with Crippen molar-refractivity contribution in [3.63, 3.8) is 0 Å². The fourth-order valence-corrected chi connectivity index (χ4v) is 3.74. The van der Waals surface area contributed by atoms with Gasteiger partial charge in [-0.2, -0.15) is 5.10 Å². The van der Waals surface area contributed by atoms with Gasteiger partial charge in [-0.25, -0.2) is 4.68 Å². The molecule has 0 aliphatic rings. The number of carbonyl (C=O) groups excluding carboxylic acids is 1. The number of aryl methyl sites for hydroxylation is 1. The van der Waals surface area contributed by atoms with E-state index in [1.807, 2.05) is 67.3 Å². The van der Waals surface area contributed by atoms with Gasteiger partial charge in [0.1, 0.15) is 17.2 Å². The SMILES string of the molecule is CCc1nn(-c2ccc(OC)cc2)c(Oc2ccc(OC)cc2)c1CCC(=O)N(CC)CC. The Balaban J connectivity index is 2.01. The molecular weight excluding hydrogens is 418 g/mol. The molecule has 0 N–H and O–H groups in total. The number of hydrogen-bond acceptors (Lipinski definition) is 5. The maximum Gasteiger partial charge on any atom is 0.226 e. The van der Waals surface area contributed by atoms with Crippen molar-refractivity contribution < 1.29 is 19.0 Å². The van der Waals surface area contributed by atoms with Crippen LogP contribution >= 0.6 is 0 Å². The van der Waals surface area contributed by atoms with E-state index in [1.165, 1.54) is 0 Å². The predicted octanol–water partition coefficient (Wildman–Crippen LogP) is 5.05. The van der Waals surface area contributed by atoms with Crippen LogP contribution < -0.4 is 14.2 Å². The zero-order valence-corrected chi connectivity index (χ0v) is 20.1.